The minimum Gasteiger partial charge on any atom is -0.389 e. The maximum absolute atomic E-state index is 5.71. The fourth-order valence-corrected chi connectivity index (χ4v) is 2.85. The summed E-state index contributed by atoms with van der Waals surface area (Å²) in [5.41, 5.74) is 7.50. The quantitative estimate of drug-likeness (QED) is 0.831. The van der Waals surface area contributed by atoms with E-state index in [2.05, 4.69) is 41.7 Å². The summed E-state index contributed by atoms with van der Waals surface area (Å²) in [6, 6.07) is 6.07. The molecule has 0 atom stereocenters. The van der Waals surface area contributed by atoms with E-state index >= 15 is 0 Å². The second kappa shape index (κ2) is 5.67. The molecule has 2 rings (SSSR count). The summed E-state index contributed by atoms with van der Waals surface area (Å²) in [5.74, 6) is 0. The second-order valence-corrected chi connectivity index (χ2v) is 6.39. The normalized spacial score (nSPS) is 11.3. The highest BCUT2D eigenvalue weighted by Gasteiger charge is 2.21. The highest BCUT2D eigenvalue weighted by molar-refractivity contribution is 7.80. The molecular formula is C14H17N3S2. The molecule has 2 heterocycles. The molecule has 0 aliphatic heterocycles. The van der Waals surface area contributed by atoms with Crippen LogP contribution in [0.3, 0.4) is 0 Å². The highest BCUT2D eigenvalue weighted by Crippen LogP contribution is 2.28. The fourth-order valence-electron chi connectivity index (χ4n) is 1.82. The van der Waals surface area contributed by atoms with E-state index in [1.807, 2.05) is 6.07 Å². The smallest absolute Gasteiger partial charge is 0.106 e. The van der Waals surface area contributed by atoms with Crippen LogP contribution in [-0.2, 0) is 5.41 Å². The van der Waals surface area contributed by atoms with Gasteiger partial charge in [0.2, 0.25) is 0 Å². The van der Waals surface area contributed by atoms with Gasteiger partial charge in [-0.15, -0.1) is 11.3 Å². The van der Waals surface area contributed by atoms with Crippen molar-refractivity contribution in [3.63, 3.8) is 0 Å². The topological polar surface area (TPSA) is 50.9 Å². The monoisotopic (exact) mass is 291 g/mol. The van der Waals surface area contributed by atoms with E-state index in [0.29, 0.717) is 4.99 Å². The molecule has 0 amide bonds. The van der Waals surface area contributed by atoms with Gasteiger partial charge in [0, 0.05) is 28.6 Å². The van der Waals surface area contributed by atoms with Crippen LogP contribution in [0.25, 0.3) is 0 Å². The van der Waals surface area contributed by atoms with Crippen LogP contribution in [0.4, 0.5) is 5.69 Å². The molecule has 0 aromatic carbocycles. The van der Waals surface area contributed by atoms with E-state index in [1.165, 1.54) is 4.88 Å². The Kier molecular flexibility index (Phi) is 4.17. The number of thiocarbonyl (C=S) groups is 1. The SMILES string of the molecule is CC(C)(CNc1cnccc1C(N)=S)c1cccs1. The van der Waals surface area contributed by atoms with Crippen molar-refractivity contribution >= 4 is 34.2 Å². The molecule has 3 N–H and O–H groups in total. The Labute approximate surface area is 122 Å². The molecule has 5 heteroatoms. The zero-order valence-electron chi connectivity index (χ0n) is 11.0. The first kappa shape index (κ1) is 14.0. The summed E-state index contributed by atoms with van der Waals surface area (Å²) in [4.78, 5) is 5.85. The average molecular weight is 291 g/mol. The number of pyridine rings is 1. The summed E-state index contributed by atoms with van der Waals surface area (Å²) < 4.78 is 0. The maximum Gasteiger partial charge on any atom is 0.106 e. The van der Waals surface area contributed by atoms with Gasteiger partial charge in [0.05, 0.1) is 11.9 Å². The lowest BCUT2D eigenvalue weighted by Gasteiger charge is -2.25. The predicted molar refractivity (Wildman–Crippen MR) is 86.0 cm³/mol. The van der Waals surface area contributed by atoms with Gasteiger partial charge in [0.25, 0.3) is 0 Å². The van der Waals surface area contributed by atoms with Crippen molar-refractivity contribution in [1.82, 2.24) is 4.98 Å². The number of thiophene rings is 1. The Morgan fingerprint density at radius 1 is 1.47 bits per heavy atom. The van der Waals surface area contributed by atoms with E-state index in [1.54, 1.807) is 23.7 Å². The van der Waals surface area contributed by atoms with Gasteiger partial charge in [0.1, 0.15) is 4.99 Å². The van der Waals surface area contributed by atoms with Crippen LogP contribution in [0.15, 0.2) is 36.0 Å². The van der Waals surface area contributed by atoms with Crippen molar-refractivity contribution < 1.29 is 0 Å². The van der Waals surface area contributed by atoms with Gasteiger partial charge >= 0.3 is 0 Å². The molecule has 2 aromatic heterocycles. The molecule has 2 aromatic rings. The lowest BCUT2D eigenvalue weighted by atomic mass is 9.91. The summed E-state index contributed by atoms with van der Waals surface area (Å²) in [7, 11) is 0. The number of nitrogens with one attached hydrogen (secondary N) is 1. The van der Waals surface area contributed by atoms with Crippen molar-refractivity contribution in [2.75, 3.05) is 11.9 Å². The summed E-state index contributed by atoms with van der Waals surface area (Å²) in [6.45, 7) is 5.22. The van der Waals surface area contributed by atoms with Gasteiger partial charge < -0.3 is 11.1 Å². The first-order valence-electron chi connectivity index (χ1n) is 6.02. The lowest BCUT2D eigenvalue weighted by Crippen LogP contribution is -2.27. The number of hydrogen-bond donors (Lipinski definition) is 2. The Morgan fingerprint density at radius 2 is 2.26 bits per heavy atom. The fraction of sp³-hybridized carbons (Fsp3) is 0.286. The molecule has 0 unspecified atom stereocenters. The largest absolute Gasteiger partial charge is 0.389 e. The van der Waals surface area contributed by atoms with E-state index in [0.717, 1.165) is 17.8 Å². The minimum atomic E-state index is 0.0531. The summed E-state index contributed by atoms with van der Waals surface area (Å²) in [5, 5.41) is 5.50. The van der Waals surface area contributed by atoms with Crippen molar-refractivity contribution in [1.29, 1.82) is 0 Å². The van der Waals surface area contributed by atoms with Crippen LogP contribution in [-0.4, -0.2) is 16.5 Å². The van der Waals surface area contributed by atoms with Crippen LogP contribution in [0.5, 0.6) is 0 Å². The molecule has 0 aliphatic rings. The van der Waals surface area contributed by atoms with Gasteiger partial charge in [-0.25, -0.2) is 0 Å². The van der Waals surface area contributed by atoms with E-state index in [4.69, 9.17) is 18.0 Å². The highest BCUT2D eigenvalue weighted by atomic mass is 32.1. The van der Waals surface area contributed by atoms with Crippen molar-refractivity contribution in [3.8, 4) is 0 Å². The van der Waals surface area contributed by atoms with Crippen LogP contribution in [0.1, 0.15) is 24.3 Å². The zero-order valence-corrected chi connectivity index (χ0v) is 12.6. The van der Waals surface area contributed by atoms with Gasteiger partial charge in [-0.1, -0.05) is 32.1 Å². The molecule has 19 heavy (non-hydrogen) atoms. The lowest BCUT2D eigenvalue weighted by molar-refractivity contribution is 0.569. The molecule has 3 nitrogen and oxygen atoms in total. The number of aromatic nitrogens is 1. The Balaban J connectivity index is 2.13. The number of hydrogen-bond acceptors (Lipinski definition) is 4. The van der Waals surface area contributed by atoms with Crippen LogP contribution < -0.4 is 11.1 Å². The maximum atomic E-state index is 5.71. The van der Waals surface area contributed by atoms with Crippen LogP contribution in [0.2, 0.25) is 0 Å². The number of nitrogens with two attached hydrogens (primary N) is 1. The van der Waals surface area contributed by atoms with E-state index in [-0.39, 0.29) is 5.41 Å². The molecule has 0 saturated carbocycles. The molecule has 0 spiro atoms. The van der Waals surface area contributed by atoms with Crippen molar-refractivity contribution in [2.24, 2.45) is 5.73 Å². The molecule has 0 fully saturated rings. The molecule has 100 valence electrons. The second-order valence-electron chi connectivity index (χ2n) is 5.00. The average Bonchev–Trinajstić information content (AvgIpc) is 2.91. The first-order chi connectivity index (χ1) is 9.00. The third-order valence-electron chi connectivity index (χ3n) is 3.00. The Hall–Kier alpha value is -1.46. The first-order valence-corrected chi connectivity index (χ1v) is 7.31. The van der Waals surface area contributed by atoms with Crippen molar-refractivity contribution in [2.45, 2.75) is 19.3 Å². The van der Waals surface area contributed by atoms with Gasteiger partial charge in [-0.2, -0.15) is 0 Å². The Bertz CT molecular complexity index is 562. The summed E-state index contributed by atoms with van der Waals surface area (Å²) in [6.07, 6.45) is 3.46. The molecule has 0 saturated heterocycles. The number of anilines is 1. The number of nitrogens with zero attached hydrogens (tertiary/aromatic N) is 1. The van der Waals surface area contributed by atoms with E-state index in [9.17, 15) is 0 Å². The molecule has 0 aliphatic carbocycles. The van der Waals surface area contributed by atoms with Crippen LogP contribution in [0, 0.1) is 0 Å². The molecule has 0 bridgehead atoms. The molecule has 0 radical (unpaired) electrons. The zero-order chi connectivity index (χ0) is 13.9. The van der Waals surface area contributed by atoms with E-state index < -0.39 is 0 Å². The predicted octanol–water partition coefficient (Wildman–Crippen LogP) is 3.17. The third kappa shape index (κ3) is 3.30. The minimum absolute atomic E-state index is 0.0531. The number of rotatable bonds is 5. The molecular weight excluding hydrogens is 274 g/mol. The van der Waals surface area contributed by atoms with Gasteiger partial charge in [-0.05, 0) is 17.5 Å². The van der Waals surface area contributed by atoms with Gasteiger partial charge in [0.15, 0.2) is 0 Å². The van der Waals surface area contributed by atoms with Crippen LogP contribution >= 0.6 is 23.6 Å². The van der Waals surface area contributed by atoms with Gasteiger partial charge in [-0.3, -0.25) is 4.98 Å². The summed E-state index contributed by atoms with van der Waals surface area (Å²) >= 11 is 6.82. The Morgan fingerprint density at radius 3 is 2.89 bits per heavy atom. The van der Waals surface area contributed by atoms with Crippen molar-refractivity contribution in [3.05, 3.63) is 46.4 Å². The standard InChI is InChI=1S/C14H17N3S2/c1-14(2,12-4-3-7-19-12)9-17-11-8-16-6-5-10(11)13(15)18/h3-8,17H,9H2,1-2H3,(H2,15,18). The third-order valence-corrected chi connectivity index (χ3v) is 4.45.